The number of nitrogen functional groups attached to an aromatic ring is 1. The zero-order valence-electron chi connectivity index (χ0n) is 9.37. The van der Waals surface area contributed by atoms with Crippen LogP contribution in [0, 0.1) is 11.7 Å². The number of aromatic carboxylic acids is 1. The van der Waals surface area contributed by atoms with Gasteiger partial charge in [0.2, 0.25) is 0 Å². The number of anilines is 2. The third-order valence-electron chi connectivity index (χ3n) is 2.93. The average Bonchev–Trinajstić information content (AvgIpc) is 3.04. The molecule has 0 aliphatic heterocycles. The lowest BCUT2D eigenvalue weighted by Crippen LogP contribution is -2.08. The first-order valence-electron chi connectivity index (χ1n) is 5.64. The smallest absolute Gasteiger partial charge is 0.337 e. The summed E-state index contributed by atoms with van der Waals surface area (Å²) >= 11 is 0. The highest BCUT2D eigenvalue weighted by atomic mass is 19.1. The fourth-order valence-corrected chi connectivity index (χ4v) is 1.73. The second kappa shape index (κ2) is 4.61. The van der Waals surface area contributed by atoms with E-state index in [1.54, 1.807) is 0 Å². The van der Waals surface area contributed by atoms with Gasteiger partial charge in [-0.25, -0.2) is 9.18 Å². The lowest BCUT2D eigenvalue weighted by atomic mass is 10.1. The summed E-state index contributed by atoms with van der Waals surface area (Å²) in [4.78, 5) is 10.8. The van der Waals surface area contributed by atoms with Crippen LogP contribution < -0.4 is 11.1 Å². The Balaban J connectivity index is 2.08. The zero-order chi connectivity index (χ0) is 12.4. The Bertz CT molecular complexity index is 444. The molecule has 0 unspecified atom stereocenters. The van der Waals surface area contributed by atoms with Gasteiger partial charge >= 0.3 is 5.97 Å². The van der Waals surface area contributed by atoms with Gasteiger partial charge in [-0.05, 0) is 24.5 Å². The largest absolute Gasteiger partial charge is 0.478 e. The summed E-state index contributed by atoms with van der Waals surface area (Å²) in [5, 5.41) is 11.8. The third kappa shape index (κ3) is 2.87. The van der Waals surface area contributed by atoms with Crippen molar-refractivity contribution in [2.24, 2.45) is 5.92 Å². The van der Waals surface area contributed by atoms with E-state index in [9.17, 15) is 9.18 Å². The number of benzene rings is 1. The van der Waals surface area contributed by atoms with Crippen LogP contribution >= 0.6 is 0 Å². The first-order chi connectivity index (χ1) is 8.08. The molecule has 1 saturated carbocycles. The number of nitrogens with two attached hydrogens (primary N) is 1. The number of rotatable bonds is 5. The van der Waals surface area contributed by atoms with Crippen LogP contribution in [0.25, 0.3) is 0 Å². The molecule has 1 aromatic rings. The van der Waals surface area contributed by atoms with Crippen LogP contribution in [0.5, 0.6) is 0 Å². The fraction of sp³-hybridized carbons (Fsp3) is 0.417. The lowest BCUT2D eigenvalue weighted by Gasteiger charge is -2.09. The van der Waals surface area contributed by atoms with Crippen molar-refractivity contribution in [3.05, 3.63) is 23.5 Å². The maximum absolute atomic E-state index is 13.5. The van der Waals surface area contributed by atoms with E-state index in [1.165, 1.54) is 18.9 Å². The maximum Gasteiger partial charge on any atom is 0.337 e. The quantitative estimate of drug-likeness (QED) is 0.688. The molecule has 0 heterocycles. The van der Waals surface area contributed by atoms with Crippen molar-refractivity contribution in [1.29, 1.82) is 0 Å². The minimum atomic E-state index is -1.15. The molecule has 17 heavy (non-hydrogen) atoms. The Kier molecular flexibility index (Phi) is 3.17. The van der Waals surface area contributed by atoms with Crippen LogP contribution in [0.15, 0.2) is 12.1 Å². The van der Waals surface area contributed by atoms with E-state index < -0.39 is 11.8 Å². The molecule has 1 aliphatic rings. The van der Waals surface area contributed by atoms with Gasteiger partial charge in [0.05, 0.1) is 11.3 Å². The van der Waals surface area contributed by atoms with Crippen molar-refractivity contribution >= 4 is 17.3 Å². The van der Waals surface area contributed by atoms with Crippen molar-refractivity contribution in [2.75, 3.05) is 17.6 Å². The van der Waals surface area contributed by atoms with Gasteiger partial charge in [0.25, 0.3) is 0 Å². The number of nitrogens with one attached hydrogen (secondary N) is 1. The van der Waals surface area contributed by atoms with Crippen LogP contribution in [-0.4, -0.2) is 17.6 Å². The minimum absolute atomic E-state index is 0.0530. The molecule has 1 aromatic carbocycles. The summed E-state index contributed by atoms with van der Waals surface area (Å²) in [7, 11) is 0. The molecule has 92 valence electrons. The molecule has 0 spiro atoms. The van der Waals surface area contributed by atoms with Crippen LogP contribution in [0.3, 0.4) is 0 Å². The topological polar surface area (TPSA) is 75.3 Å². The SMILES string of the molecule is Nc1cc(F)c(NCCC2CC2)cc1C(=O)O. The number of carboxylic acids is 1. The average molecular weight is 238 g/mol. The molecule has 2 rings (SSSR count). The van der Waals surface area contributed by atoms with E-state index in [0.29, 0.717) is 6.54 Å². The predicted molar refractivity (Wildman–Crippen MR) is 63.6 cm³/mol. The zero-order valence-corrected chi connectivity index (χ0v) is 9.37. The molecular weight excluding hydrogens is 223 g/mol. The standard InChI is InChI=1S/C12H15FN2O2/c13-9-6-10(14)8(12(16)17)5-11(9)15-4-3-7-1-2-7/h5-7,15H,1-4,14H2,(H,16,17). The first-order valence-corrected chi connectivity index (χ1v) is 5.64. The van der Waals surface area contributed by atoms with Gasteiger partial charge in [0.1, 0.15) is 5.82 Å². The van der Waals surface area contributed by atoms with Crippen LogP contribution in [0.2, 0.25) is 0 Å². The molecule has 4 N–H and O–H groups in total. The number of hydrogen-bond acceptors (Lipinski definition) is 3. The molecule has 1 fully saturated rings. The predicted octanol–water partition coefficient (Wildman–Crippen LogP) is 2.32. The Labute approximate surface area is 98.6 Å². The van der Waals surface area contributed by atoms with E-state index >= 15 is 0 Å². The molecular formula is C12H15FN2O2. The maximum atomic E-state index is 13.5. The van der Waals surface area contributed by atoms with E-state index in [4.69, 9.17) is 10.8 Å². The van der Waals surface area contributed by atoms with E-state index in [-0.39, 0.29) is 16.9 Å². The molecule has 1 aliphatic carbocycles. The van der Waals surface area contributed by atoms with Crippen LogP contribution in [-0.2, 0) is 0 Å². The first kappa shape index (κ1) is 11.7. The highest BCUT2D eigenvalue weighted by molar-refractivity contribution is 5.94. The van der Waals surface area contributed by atoms with Crippen LogP contribution in [0.1, 0.15) is 29.6 Å². The lowest BCUT2D eigenvalue weighted by molar-refractivity contribution is 0.0698. The number of halogens is 1. The molecule has 0 amide bonds. The van der Waals surface area contributed by atoms with Crippen molar-refractivity contribution in [3.63, 3.8) is 0 Å². The summed E-state index contributed by atoms with van der Waals surface area (Å²) < 4.78 is 13.5. The summed E-state index contributed by atoms with van der Waals surface area (Å²) in [5.41, 5.74) is 5.51. The molecule has 0 aromatic heterocycles. The van der Waals surface area contributed by atoms with Gasteiger partial charge < -0.3 is 16.2 Å². The van der Waals surface area contributed by atoms with Gasteiger partial charge in [-0.2, -0.15) is 0 Å². The highest BCUT2D eigenvalue weighted by Crippen LogP contribution is 2.32. The molecule has 0 radical (unpaired) electrons. The molecule has 0 bridgehead atoms. The Morgan fingerprint density at radius 3 is 2.82 bits per heavy atom. The number of carboxylic acid groups (broad SMARTS) is 1. The van der Waals surface area contributed by atoms with E-state index in [0.717, 1.165) is 18.4 Å². The minimum Gasteiger partial charge on any atom is -0.478 e. The molecule has 0 atom stereocenters. The summed E-state index contributed by atoms with van der Waals surface area (Å²) in [5.74, 6) is -0.908. The van der Waals surface area contributed by atoms with Crippen molar-refractivity contribution < 1.29 is 14.3 Å². The second-order valence-corrected chi connectivity index (χ2v) is 4.38. The van der Waals surface area contributed by atoms with E-state index in [1.807, 2.05) is 0 Å². The Morgan fingerprint density at radius 2 is 2.24 bits per heavy atom. The summed E-state index contributed by atoms with van der Waals surface area (Å²) in [6, 6.07) is 2.29. The monoisotopic (exact) mass is 238 g/mol. The molecule has 4 nitrogen and oxygen atoms in total. The van der Waals surface area contributed by atoms with Gasteiger partial charge in [-0.3, -0.25) is 0 Å². The summed E-state index contributed by atoms with van der Waals surface area (Å²) in [6.45, 7) is 0.657. The van der Waals surface area contributed by atoms with Crippen molar-refractivity contribution in [1.82, 2.24) is 0 Å². The Morgan fingerprint density at radius 1 is 1.53 bits per heavy atom. The van der Waals surface area contributed by atoms with Gasteiger partial charge in [-0.15, -0.1) is 0 Å². The number of carbonyl (C=O) groups is 1. The molecule has 0 saturated heterocycles. The Hall–Kier alpha value is -1.78. The second-order valence-electron chi connectivity index (χ2n) is 4.38. The third-order valence-corrected chi connectivity index (χ3v) is 2.93. The van der Waals surface area contributed by atoms with Gasteiger partial charge in [0.15, 0.2) is 0 Å². The fourth-order valence-electron chi connectivity index (χ4n) is 1.73. The van der Waals surface area contributed by atoms with Crippen molar-refractivity contribution in [2.45, 2.75) is 19.3 Å². The van der Waals surface area contributed by atoms with Gasteiger partial charge in [0, 0.05) is 12.2 Å². The van der Waals surface area contributed by atoms with Crippen LogP contribution in [0.4, 0.5) is 15.8 Å². The van der Waals surface area contributed by atoms with Gasteiger partial charge in [-0.1, -0.05) is 12.8 Å². The van der Waals surface area contributed by atoms with Crippen molar-refractivity contribution in [3.8, 4) is 0 Å². The number of hydrogen-bond donors (Lipinski definition) is 3. The normalized spacial score (nSPS) is 14.6. The van der Waals surface area contributed by atoms with E-state index in [2.05, 4.69) is 5.32 Å². The summed E-state index contributed by atoms with van der Waals surface area (Å²) in [6.07, 6.45) is 3.48. The molecule has 5 heteroatoms. The highest BCUT2D eigenvalue weighted by Gasteiger charge is 2.20.